The van der Waals surface area contributed by atoms with Crippen molar-refractivity contribution < 1.29 is 9.18 Å². The van der Waals surface area contributed by atoms with Gasteiger partial charge in [0.1, 0.15) is 5.82 Å². The van der Waals surface area contributed by atoms with Gasteiger partial charge in [-0.1, -0.05) is 42.5 Å². The summed E-state index contributed by atoms with van der Waals surface area (Å²) in [5.74, 6) is -0.263. The van der Waals surface area contributed by atoms with Crippen LogP contribution >= 0.6 is 0 Å². The number of carbonyl (C=O) groups is 1. The van der Waals surface area contributed by atoms with Gasteiger partial charge in [-0.2, -0.15) is 0 Å². The van der Waals surface area contributed by atoms with Crippen LogP contribution in [0.2, 0.25) is 0 Å². The fraction of sp³-hybridized carbons (Fsp3) is 0.188. The zero-order valence-electron chi connectivity index (χ0n) is 11.6. The van der Waals surface area contributed by atoms with E-state index in [2.05, 4.69) is 10.6 Å². The van der Waals surface area contributed by atoms with Crippen LogP contribution in [0.4, 0.5) is 9.18 Å². The van der Waals surface area contributed by atoms with Gasteiger partial charge in [-0.3, -0.25) is 0 Å². The number of nitrogens with one attached hydrogen (secondary N) is 2. The van der Waals surface area contributed by atoms with Crippen molar-refractivity contribution in [2.24, 2.45) is 5.73 Å². The molecule has 0 saturated heterocycles. The van der Waals surface area contributed by atoms with E-state index in [1.807, 2.05) is 30.3 Å². The minimum Gasteiger partial charge on any atom is -0.352 e. The van der Waals surface area contributed by atoms with Gasteiger partial charge in [-0.15, -0.1) is 0 Å². The Labute approximate surface area is 123 Å². The number of halogens is 1. The lowest BCUT2D eigenvalue weighted by Gasteiger charge is -2.20. The van der Waals surface area contributed by atoms with Gasteiger partial charge in [0.25, 0.3) is 0 Å². The quantitative estimate of drug-likeness (QED) is 0.713. The Bertz CT molecular complexity index is 572. The highest BCUT2D eigenvalue weighted by atomic mass is 19.1. The smallest absolute Gasteiger partial charge is 0.312 e. The zero-order valence-corrected chi connectivity index (χ0v) is 11.6. The van der Waals surface area contributed by atoms with Crippen LogP contribution in [0.1, 0.15) is 17.2 Å². The molecular weight excluding hydrogens is 269 g/mol. The highest BCUT2D eigenvalue weighted by Gasteiger charge is 2.13. The van der Waals surface area contributed by atoms with Crippen molar-refractivity contribution in [3.63, 3.8) is 0 Å². The number of primary amides is 1. The second kappa shape index (κ2) is 7.40. The first kappa shape index (κ1) is 15.0. The predicted octanol–water partition coefficient (Wildman–Crippen LogP) is 2.17. The van der Waals surface area contributed by atoms with Crippen LogP contribution in [-0.2, 0) is 0 Å². The first-order chi connectivity index (χ1) is 10.2. The molecule has 2 rings (SSSR count). The molecule has 0 heterocycles. The standard InChI is InChI=1S/C16H18FN3O/c17-14-8-6-13(7-9-14)15(12-4-2-1-3-5-12)19-10-11-20-16(18)21/h1-9,15,19H,10-11H2,(H3,18,20,21). The second-order valence-corrected chi connectivity index (χ2v) is 4.64. The Kier molecular flexibility index (Phi) is 5.29. The van der Waals surface area contributed by atoms with Crippen LogP contribution in [0.3, 0.4) is 0 Å². The van der Waals surface area contributed by atoms with Crippen LogP contribution in [0.5, 0.6) is 0 Å². The minimum atomic E-state index is -0.546. The summed E-state index contributed by atoms with van der Waals surface area (Å²) < 4.78 is 13.1. The van der Waals surface area contributed by atoms with Crippen LogP contribution < -0.4 is 16.4 Å². The molecule has 0 bridgehead atoms. The summed E-state index contributed by atoms with van der Waals surface area (Å²) in [5, 5.41) is 5.86. The Morgan fingerprint density at radius 1 is 1.00 bits per heavy atom. The van der Waals surface area contributed by atoms with Crippen molar-refractivity contribution in [3.8, 4) is 0 Å². The maximum Gasteiger partial charge on any atom is 0.312 e. The first-order valence-corrected chi connectivity index (χ1v) is 6.74. The second-order valence-electron chi connectivity index (χ2n) is 4.64. The molecular formula is C16H18FN3O. The number of benzene rings is 2. The van der Waals surface area contributed by atoms with Crippen molar-refractivity contribution in [3.05, 3.63) is 71.5 Å². The van der Waals surface area contributed by atoms with Crippen molar-refractivity contribution in [1.82, 2.24) is 10.6 Å². The number of hydrogen-bond donors (Lipinski definition) is 3. The summed E-state index contributed by atoms with van der Waals surface area (Å²) in [4.78, 5) is 10.7. The van der Waals surface area contributed by atoms with E-state index in [4.69, 9.17) is 5.73 Å². The monoisotopic (exact) mass is 287 g/mol. The third-order valence-corrected chi connectivity index (χ3v) is 3.11. The predicted molar refractivity (Wildman–Crippen MR) is 80.3 cm³/mol. The van der Waals surface area contributed by atoms with E-state index < -0.39 is 6.03 Å². The van der Waals surface area contributed by atoms with Crippen LogP contribution in [0.25, 0.3) is 0 Å². The van der Waals surface area contributed by atoms with Crippen LogP contribution in [0, 0.1) is 5.82 Å². The summed E-state index contributed by atoms with van der Waals surface area (Å²) in [6, 6.07) is 15.6. The maximum absolute atomic E-state index is 13.1. The Morgan fingerprint density at radius 2 is 1.62 bits per heavy atom. The minimum absolute atomic E-state index is 0.0681. The van der Waals surface area contributed by atoms with Gasteiger partial charge in [-0.25, -0.2) is 9.18 Å². The van der Waals surface area contributed by atoms with E-state index in [1.165, 1.54) is 12.1 Å². The summed E-state index contributed by atoms with van der Waals surface area (Å²) in [6.07, 6.45) is 0. The molecule has 4 nitrogen and oxygen atoms in total. The Hall–Kier alpha value is -2.40. The largest absolute Gasteiger partial charge is 0.352 e. The molecule has 1 unspecified atom stereocenters. The van der Waals surface area contributed by atoms with E-state index in [9.17, 15) is 9.18 Å². The van der Waals surface area contributed by atoms with Gasteiger partial charge < -0.3 is 16.4 Å². The number of hydrogen-bond acceptors (Lipinski definition) is 2. The summed E-state index contributed by atoms with van der Waals surface area (Å²) >= 11 is 0. The molecule has 2 aromatic rings. The average Bonchev–Trinajstić information content (AvgIpc) is 2.49. The van der Waals surface area contributed by atoms with Gasteiger partial charge in [-0.05, 0) is 23.3 Å². The molecule has 21 heavy (non-hydrogen) atoms. The van der Waals surface area contributed by atoms with Crippen molar-refractivity contribution in [1.29, 1.82) is 0 Å². The molecule has 110 valence electrons. The van der Waals surface area contributed by atoms with Crippen molar-refractivity contribution in [2.45, 2.75) is 6.04 Å². The number of nitrogens with two attached hydrogens (primary N) is 1. The lowest BCUT2D eigenvalue weighted by Crippen LogP contribution is -2.36. The summed E-state index contributed by atoms with van der Waals surface area (Å²) in [7, 11) is 0. The third kappa shape index (κ3) is 4.57. The lowest BCUT2D eigenvalue weighted by atomic mass is 9.99. The third-order valence-electron chi connectivity index (χ3n) is 3.11. The molecule has 0 aromatic heterocycles. The molecule has 5 heteroatoms. The molecule has 0 radical (unpaired) electrons. The van der Waals surface area contributed by atoms with Gasteiger partial charge in [0.05, 0.1) is 6.04 Å². The molecule has 0 aliphatic rings. The molecule has 0 aliphatic carbocycles. The molecule has 0 fully saturated rings. The lowest BCUT2D eigenvalue weighted by molar-refractivity contribution is 0.249. The SMILES string of the molecule is NC(=O)NCCNC(c1ccccc1)c1ccc(F)cc1. The summed E-state index contributed by atoms with van der Waals surface area (Å²) in [5.41, 5.74) is 7.06. The molecule has 2 amide bonds. The maximum atomic E-state index is 13.1. The molecule has 0 saturated carbocycles. The Morgan fingerprint density at radius 3 is 2.24 bits per heavy atom. The number of rotatable bonds is 6. The zero-order chi connectivity index (χ0) is 15.1. The van der Waals surface area contributed by atoms with Crippen LogP contribution in [-0.4, -0.2) is 19.1 Å². The van der Waals surface area contributed by atoms with E-state index in [-0.39, 0.29) is 11.9 Å². The first-order valence-electron chi connectivity index (χ1n) is 6.74. The fourth-order valence-corrected chi connectivity index (χ4v) is 2.13. The normalized spacial score (nSPS) is 11.9. The average molecular weight is 287 g/mol. The van der Waals surface area contributed by atoms with E-state index in [0.29, 0.717) is 13.1 Å². The van der Waals surface area contributed by atoms with Crippen molar-refractivity contribution >= 4 is 6.03 Å². The molecule has 0 spiro atoms. The van der Waals surface area contributed by atoms with E-state index in [1.54, 1.807) is 12.1 Å². The Balaban J connectivity index is 2.11. The molecule has 1 atom stereocenters. The highest BCUT2D eigenvalue weighted by Crippen LogP contribution is 2.21. The topological polar surface area (TPSA) is 67.2 Å². The van der Waals surface area contributed by atoms with Crippen molar-refractivity contribution in [2.75, 3.05) is 13.1 Å². The fourth-order valence-electron chi connectivity index (χ4n) is 2.13. The van der Waals surface area contributed by atoms with E-state index in [0.717, 1.165) is 11.1 Å². The van der Waals surface area contributed by atoms with Gasteiger partial charge in [0.15, 0.2) is 0 Å². The van der Waals surface area contributed by atoms with Crippen LogP contribution in [0.15, 0.2) is 54.6 Å². The number of carbonyl (C=O) groups excluding carboxylic acids is 1. The highest BCUT2D eigenvalue weighted by molar-refractivity contribution is 5.71. The van der Waals surface area contributed by atoms with Gasteiger partial charge in [0, 0.05) is 13.1 Å². The summed E-state index contributed by atoms with van der Waals surface area (Å²) in [6.45, 7) is 0.986. The van der Waals surface area contributed by atoms with E-state index >= 15 is 0 Å². The number of amides is 2. The molecule has 0 aliphatic heterocycles. The molecule has 4 N–H and O–H groups in total. The number of urea groups is 1. The van der Waals surface area contributed by atoms with Gasteiger partial charge in [0.2, 0.25) is 0 Å². The van der Waals surface area contributed by atoms with Gasteiger partial charge >= 0.3 is 6.03 Å². The molecule has 2 aromatic carbocycles.